The molecule has 3 aromatic rings. The molecule has 1 aliphatic rings. The van der Waals surface area contributed by atoms with Gasteiger partial charge in [0.25, 0.3) is 0 Å². The molecule has 0 saturated carbocycles. The highest BCUT2D eigenvalue weighted by Gasteiger charge is 2.24. The van der Waals surface area contributed by atoms with Gasteiger partial charge in [0.15, 0.2) is 0 Å². The molecule has 1 aliphatic heterocycles. The Morgan fingerprint density at radius 2 is 2.00 bits per heavy atom. The smallest absolute Gasteiger partial charge is 0.222 e. The Labute approximate surface area is 165 Å². The van der Waals surface area contributed by atoms with E-state index in [2.05, 4.69) is 34.7 Å². The number of hydrogen-bond donors (Lipinski definition) is 0. The predicted octanol–water partition coefficient (Wildman–Crippen LogP) is 4.15. The minimum absolute atomic E-state index is 0.243. The number of rotatable bonds is 5. The van der Waals surface area contributed by atoms with Gasteiger partial charge in [-0.1, -0.05) is 18.2 Å². The van der Waals surface area contributed by atoms with Gasteiger partial charge in [0.2, 0.25) is 5.91 Å². The molecular weight excluding hydrogens is 350 g/mol. The second-order valence-corrected chi connectivity index (χ2v) is 7.61. The quantitative estimate of drug-likeness (QED) is 0.671. The van der Waals surface area contributed by atoms with Crippen LogP contribution in [0.3, 0.4) is 0 Å². The fourth-order valence-corrected chi connectivity index (χ4v) is 4.06. The number of benzene rings is 2. The van der Waals surface area contributed by atoms with E-state index in [-0.39, 0.29) is 5.91 Å². The second kappa shape index (κ2) is 8.05. The van der Waals surface area contributed by atoms with Gasteiger partial charge in [0.05, 0.1) is 24.5 Å². The fourth-order valence-electron chi connectivity index (χ4n) is 4.06. The van der Waals surface area contributed by atoms with E-state index >= 15 is 0 Å². The van der Waals surface area contributed by atoms with E-state index in [4.69, 9.17) is 4.74 Å². The van der Waals surface area contributed by atoms with E-state index < -0.39 is 0 Å². The van der Waals surface area contributed by atoms with E-state index in [0.29, 0.717) is 12.5 Å². The van der Waals surface area contributed by atoms with Gasteiger partial charge in [-0.25, -0.2) is 4.98 Å². The summed E-state index contributed by atoms with van der Waals surface area (Å²) in [6.45, 7) is 3.74. The number of imidazole rings is 1. The average Bonchev–Trinajstić information content (AvgIpc) is 3.15. The Hall–Kier alpha value is -2.82. The van der Waals surface area contributed by atoms with Gasteiger partial charge in [-0.3, -0.25) is 4.79 Å². The minimum atomic E-state index is 0.243. The molecule has 2 aromatic carbocycles. The normalized spacial score (nSPS) is 15.1. The van der Waals surface area contributed by atoms with Crippen LogP contribution < -0.4 is 4.74 Å². The number of nitrogens with zero attached hydrogens (tertiary/aromatic N) is 3. The van der Waals surface area contributed by atoms with Crippen LogP contribution in [0, 0.1) is 6.92 Å². The molecule has 146 valence electrons. The number of methoxy groups -OCH3 is 1. The average molecular weight is 377 g/mol. The summed E-state index contributed by atoms with van der Waals surface area (Å²) in [7, 11) is 1.67. The number of likely N-dealkylation sites (tertiary alicyclic amines) is 1. The summed E-state index contributed by atoms with van der Waals surface area (Å²) in [6.07, 6.45) is 5.20. The van der Waals surface area contributed by atoms with Gasteiger partial charge in [0, 0.05) is 25.6 Å². The molecule has 2 heterocycles. The number of aromatic nitrogens is 2. The highest BCUT2D eigenvalue weighted by molar-refractivity contribution is 5.77. The van der Waals surface area contributed by atoms with Crippen molar-refractivity contribution in [2.45, 2.75) is 38.6 Å². The third-order valence-electron chi connectivity index (χ3n) is 5.70. The maximum atomic E-state index is 12.7. The number of aryl methyl sites for hydroxylation is 2. The van der Waals surface area contributed by atoms with Gasteiger partial charge in [-0.2, -0.15) is 0 Å². The van der Waals surface area contributed by atoms with Crippen molar-refractivity contribution in [2.75, 3.05) is 20.2 Å². The number of fused-ring (bicyclic) bond motifs is 1. The molecule has 4 rings (SSSR count). The lowest BCUT2D eigenvalue weighted by Crippen LogP contribution is -2.39. The molecule has 5 heteroatoms. The van der Waals surface area contributed by atoms with Crippen LogP contribution in [0.15, 0.2) is 48.8 Å². The molecule has 0 spiro atoms. The lowest BCUT2D eigenvalue weighted by Gasteiger charge is -2.33. The maximum Gasteiger partial charge on any atom is 0.222 e. The van der Waals surface area contributed by atoms with Crippen LogP contribution in [0.4, 0.5) is 0 Å². The van der Waals surface area contributed by atoms with Crippen molar-refractivity contribution in [3.8, 4) is 5.75 Å². The summed E-state index contributed by atoms with van der Waals surface area (Å²) in [5.41, 5.74) is 4.63. The topological polar surface area (TPSA) is 47.4 Å². The highest BCUT2D eigenvalue weighted by atomic mass is 16.5. The lowest BCUT2D eigenvalue weighted by molar-refractivity contribution is -0.132. The Kier molecular flexibility index (Phi) is 5.33. The number of ether oxygens (including phenoxy) is 1. The number of piperidine rings is 1. The Morgan fingerprint density at radius 1 is 1.18 bits per heavy atom. The molecular formula is C23H27N3O2. The van der Waals surface area contributed by atoms with E-state index in [9.17, 15) is 4.79 Å². The van der Waals surface area contributed by atoms with Crippen LogP contribution in [-0.4, -0.2) is 40.6 Å². The van der Waals surface area contributed by atoms with Gasteiger partial charge in [0.1, 0.15) is 5.75 Å². The summed E-state index contributed by atoms with van der Waals surface area (Å²) in [5, 5.41) is 0. The number of amides is 1. The zero-order chi connectivity index (χ0) is 19.5. The van der Waals surface area contributed by atoms with E-state index in [0.717, 1.165) is 49.2 Å². The third kappa shape index (κ3) is 3.88. The standard InChI is InChI=1S/C23H27N3O2/c1-17-6-8-21-22(14-17)26(16-24-21)19-10-12-25(13-11-19)23(27)9-7-18-4-3-5-20(15-18)28-2/h3-6,8,14-16,19H,7,9-13H2,1-2H3. The van der Waals surface area contributed by atoms with Crippen molar-refractivity contribution >= 4 is 16.9 Å². The first kappa shape index (κ1) is 18.5. The molecule has 1 amide bonds. The summed E-state index contributed by atoms with van der Waals surface area (Å²) >= 11 is 0. The van der Waals surface area contributed by atoms with Crippen LogP contribution in [0.1, 0.15) is 36.4 Å². The third-order valence-corrected chi connectivity index (χ3v) is 5.70. The Morgan fingerprint density at radius 3 is 2.79 bits per heavy atom. The molecule has 0 atom stereocenters. The molecule has 0 bridgehead atoms. The number of carbonyl (C=O) groups excluding carboxylic acids is 1. The summed E-state index contributed by atoms with van der Waals surface area (Å²) in [5.74, 6) is 1.08. The summed E-state index contributed by atoms with van der Waals surface area (Å²) in [6, 6.07) is 14.8. The largest absolute Gasteiger partial charge is 0.497 e. The number of carbonyl (C=O) groups is 1. The highest BCUT2D eigenvalue weighted by Crippen LogP contribution is 2.27. The Bertz CT molecular complexity index is 971. The molecule has 0 unspecified atom stereocenters. The zero-order valence-corrected chi connectivity index (χ0v) is 16.6. The fraction of sp³-hybridized carbons (Fsp3) is 0.391. The first-order valence-electron chi connectivity index (χ1n) is 9.98. The van der Waals surface area contributed by atoms with Crippen molar-refractivity contribution in [2.24, 2.45) is 0 Å². The van der Waals surface area contributed by atoms with Gasteiger partial charge in [-0.15, -0.1) is 0 Å². The summed E-state index contributed by atoms with van der Waals surface area (Å²) in [4.78, 5) is 19.2. The monoisotopic (exact) mass is 377 g/mol. The molecule has 0 aliphatic carbocycles. The number of hydrogen-bond acceptors (Lipinski definition) is 3. The van der Waals surface area contributed by atoms with Crippen LogP contribution in [0.2, 0.25) is 0 Å². The molecule has 28 heavy (non-hydrogen) atoms. The zero-order valence-electron chi connectivity index (χ0n) is 16.6. The van der Waals surface area contributed by atoms with Crippen molar-refractivity contribution in [3.63, 3.8) is 0 Å². The first-order valence-corrected chi connectivity index (χ1v) is 9.98. The van der Waals surface area contributed by atoms with Gasteiger partial charge < -0.3 is 14.2 Å². The molecule has 5 nitrogen and oxygen atoms in total. The maximum absolute atomic E-state index is 12.7. The van der Waals surface area contributed by atoms with Gasteiger partial charge >= 0.3 is 0 Å². The van der Waals surface area contributed by atoms with Crippen molar-refractivity contribution in [3.05, 3.63) is 59.9 Å². The Balaban J connectivity index is 1.34. The molecule has 0 N–H and O–H groups in total. The molecule has 1 saturated heterocycles. The predicted molar refractivity (Wildman–Crippen MR) is 111 cm³/mol. The van der Waals surface area contributed by atoms with Crippen LogP contribution >= 0.6 is 0 Å². The van der Waals surface area contributed by atoms with Crippen molar-refractivity contribution in [1.29, 1.82) is 0 Å². The van der Waals surface area contributed by atoms with E-state index in [1.165, 1.54) is 11.1 Å². The van der Waals surface area contributed by atoms with Crippen LogP contribution in [0.5, 0.6) is 5.75 Å². The van der Waals surface area contributed by atoms with E-state index in [1.807, 2.05) is 35.5 Å². The first-order chi connectivity index (χ1) is 13.6. The van der Waals surface area contributed by atoms with Crippen molar-refractivity contribution < 1.29 is 9.53 Å². The van der Waals surface area contributed by atoms with Crippen LogP contribution in [-0.2, 0) is 11.2 Å². The van der Waals surface area contributed by atoms with Gasteiger partial charge in [-0.05, 0) is 61.6 Å². The van der Waals surface area contributed by atoms with Crippen LogP contribution in [0.25, 0.3) is 11.0 Å². The SMILES string of the molecule is COc1cccc(CCC(=O)N2CCC(n3cnc4ccc(C)cc43)CC2)c1. The molecule has 1 fully saturated rings. The second-order valence-electron chi connectivity index (χ2n) is 7.61. The summed E-state index contributed by atoms with van der Waals surface area (Å²) < 4.78 is 7.55. The van der Waals surface area contributed by atoms with E-state index in [1.54, 1.807) is 7.11 Å². The molecule has 1 aromatic heterocycles. The lowest BCUT2D eigenvalue weighted by atomic mass is 10.0. The minimum Gasteiger partial charge on any atom is -0.497 e. The molecule has 0 radical (unpaired) electrons. The van der Waals surface area contributed by atoms with Crippen molar-refractivity contribution in [1.82, 2.24) is 14.5 Å².